The molecule has 2 N–H and O–H groups in total. The Labute approximate surface area is 158 Å². The average molecular weight is 362 g/mol. The van der Waals surface area contributed by atoms with Gasteiger partial charge in [0.05, 0.1) is 36.5 Å². The number of carbonyl (C=O) groups excluding carboxylic acids is 1. The lowest BCUT2D eigenvalue weighted by atomic mass is 9.73. The number of carbonyl (C=O) groups is 1. The number of amides is 1. The Kier molecular flexibility index (Phi) is 3.62. The molecule has 2 aliphatic rings. The molecule has 138 valence electrons. The first-order valence-electron chi connectivity index (χ1n) is 9.71. The van der Waals surface area contributed by atoms with E-state index in [1.807, 2.05) is 24.3 Å². The second-order valence-corrected chi connectivity index (χ2v) is 8.17. The zero-order valence-electron chi connectivity index (χ0n) is 15.5. The number of fused-ring (bicyclic) bond motifs is 4. The van der Waals surface area contributed by atoms with Crippen LogP contribution in [-0.2, 0) is 6.42 Å². The fraction of sp³-hybridized carbons (Fsp3) is 0.364. The van der Waals surface area contributed by atoms with Crippen LogP contribution in [0.5, 0.6) is 5.75 Å². The van der Waals surface area contributed by atoms with Gasteiger partial charge < -0.3 is 10.1 Å². The molecule has 1 saturated heterocycles. The highest BCUT2D eigenvalue weighted by molar-refractivity contribution is 5.93. The second kappa shape index (κ2) is 5.92. The molecule has 0 saturated carbocycles. The number of hydrogen-bond donors (Lipinski definition) is 2. The summed E-state index contributed by atoms with van der Waals surface area (Å²) in [4.78, 5) is 21.0. The van der Waals surface area contributed by atoms with Crippen LogP contribution in [0.25, 0.3) is 11.0 Å². The molecule has 2 heterocycles. The summed E-state index contributed by atoms with van der Waals surface area (Å²) < 4.78 is 0.463. The zero-order chi connectivity index (χ0) is 18.6. The highest BCUT2D eigenvalue weighted by Crippen LogP contribution is 2.44. The number of H-pyrrole nitrogens is 1. The molecule has 3 unspecified atom stereocenters. The van der Waals surface area contributed by atoms with Crippen molar-refractivity contribution in [2.24, 2.45) is 0 Å². The van der Waals surface area contributed by atoms with Crippen molar-refractivity contribution >= 4 is 16.9 Å². The van der Waals surface area contributed by atoms with E-state index >= 15 is 0 Å². The molecule has 5 heteroatoms. The van der Waals surface area contributed by atoms with Gasteiger partial charge in [0.2, 0.25) is 0 Å². The van der Waals surface area contributed by atoms with Crippen LogP contribution in [0.4, 0.5) is 0 Å². The predicted molar refractivity (Wildman–Crippen MR) is 104 cm³/mol. The number of quaternary nitrogens is 1. The number of nitrogens with one attached hydrogen (secondary N) is 1. The Morgan fingerprint density at radius 3 is 3.00 bits per heavy atom. The first-order valence-corrected chi connectivity index (χ1v) is 9.71. The Morgan fingerprint density at radius 2 is 2.11 bits per heavy atom. The van der Waals surface area contributed by atoms with Crippen molar-refractivity contribution in [1.82, 2.24) is 9.97 Å². The van der Waals surface area contributed by atoms with Gasteiger partial charge in [-0.3, -0.25) is 4.48 Å². The molecule has 1 amide bonds. The number of likely N-dealkylation sites (tertiary alicyclic amines) is 1. The lowest BCUT2D eigenvalue weighted by molar-refractivity contribution is -0.863. The standard InChI is InChI=1S/C22H23N3O2/c1-25(22(27)15-4-8-19-20(12-15)24-13-23-19)10-2-3-18-17-7-6-16(26)11-14(17)5-9-21(18)25/h4,6-8,11-13,18,21H,2-3,5,9-10H2,1H3,(H-,23,24,26,27)/p+1. The largest absolute Gasteiger partial charge is 0.508 e. The molecule has 2 aromatic carbocycles. The first-order chi connectivity index (χ1) is 13.1. The van der Waals surface area contributed by atoms with E-state index in [0.29, 0.717) is 22.2 Å². The van der Waals surface area contributed by atoms with Crippen LogP contribution < -0.4 is 0 Å². The minimum absolute atomic E-state index is 0.198. The van der Waals surface area contributed by atoms with Gasteiger partial charge >= 0.3 is 5.91 Å². The monoisotopic (exact) mass is 362 g/mol. The minimum Gasteiger partial charge on any atom is -0.508 e. The maximum Gasteiger partial charge on any atom is 0.346 e. The molecule has 3 aromatic rings. The van der Waals surface area contributed by atoms with E-state index in [1.54, 1.807) is 12.4 Å². The first kappa shape index (κ1) is 16.5. The fourth-order valence-corrected chi connectivity index (χ4v) is 5.33. The lowest BCUT2D eigenvalue weighted by Crippen LogP contribution is -2.62. The van der Waals surface area contributed by atoms with Gasteiger partial charge in [-0.25, -0.2) is 9.78 Å². The number of benzene rings is 2. The van der Waals surface area contributed by atoms with Crippen LogP contribution in [0.2, 0.25) is 0 Å². The number of aromatic amines is 1. The molecule has 0 radical (unpaired) electrons. The number of likely N-dealkylation sites (N-methyl/N-ethyl adjacent to an activating group) is 1. The maximum atomic E-state index is 13.6. The maximum absolute atomic E-state index is 13.6. The minimum atomic E-state index is 0.198. The highest BCUT2D eigenvalue weighted by Gasteiger charge is 2.49. The summed E-state index contributed by atoms with van der Waals surface area (Å²) >= 11 is 0. The van der Waals surface area contributed by atoms with Gasteiger partial charge in [-0.15, -0.1) is 0 Å². The van der Waals surface area contributed by atoms with Crippen LogP contribution in [0.3, 0.4) is 0 Å². The Bertz CT molecular complexity index is 1040. The number of imidazole rings is 1. The molecule has 1 aromatic heterocycles. The Balaban J connectivity index is 1.53. The van der Waals surface area contributed by atoms with Gasteiger partial charge in [0.25, 0.3) is 0 Å². The van der Waals surface area contributed by atoms with Crippen molar-refractivity contribution in [1.29, 1.82) is 0 Å². The van der Waals surface area contributed by atoms with Gasteiger partial charge in [0.15, 0.2) is 0 Å². The van der Waals surface area contributed by atoms with Crippen molar-refractivity contribution in [2.75, 3.05) is 13.6 Å². The fourth-order valence-electron chi connectivity index (χ4n) is 5.33. The van der Waals surface area contributed by atoms with Crippen molar-refractivity contribution in [3.63, 3.8) is 0 Å². The number of hydrogen-bond acceptors (Lipinski definition) is 3. The molecular weight excluding hydrogens is 338 g/mol. The molecule has 0 bridgehead atoms. The van der Waals surface area contributed by atoms with E-state index in [9.17, 15) is 9.90 Å². The van der Waals surface area contributed by atoms with Gasteiger partial charge in [-0.2, -0.15) is 0 Å². The predicted octanol–water partition coefficient (Wildman–Crippen LogP) is 3.75. The van der Waals surface area contributed by atoms with Crippen molar-refractivity contribution in [3.05, 3.63) is 59.4 Å². The van der Waals surface area contributed by atoms with Gasteiger partial charge in [0.1, 0.15) is 11.8 Å². The van der Waals surface area contributed by atoms with Gasteiger partial charge in [-0.05, 0) is 60.7 Å². The van der Waals surface area contributed by atoms with Gasteiger partial charge in [0, 0.05) is 12.3 Å². The second-order valence-electron chi connectivity index (χ2n) is 8.17. The topological polar surface area (TPSA) is 66.0 Å². The van der Waals surface area contributed by atoms with Crippen molar-refractivity contribution in [2.45, 2.75) is 37.6 Å². The number of aromatic hydroxyl groups is 1. The Hall–Kier alpha value is -2.66. The van der Waals surface area contributed by atoms with Crippen molar-refractivity contribution in [3.8, 4) is 5.75 Å². The number of phenols is 1. The molecule has 1 fully saturated rings. The molecule has 1 aliphatic heterocycles. The number of piperidine rings is 1. The number of aryl methyl sites for hydroxylation is 1. The molecular formula is C22H24N3O2+. The smallest absolute Gasteiger partial charge is 0.346 e. The zero-order valence-corrected chi connectivity index (χ0v) is 15.5. The van der Waals surface area contributed by atoms with E-state index in [0.717, 1.165) is 48.8 Å². The Morgan fingerprint density at radius 1 is 1.22 bits per heavy atom. The molecule has 5 nitrogen and oxygen atoms in total. The van der Waals surface area contributed by atoms with E-state index < -0.39 is 0 Å². The van der Waals surface area contributed by atoms with E-state index in [1.165, 1.54) is 11.1 Å². The third-order valence-corrected chi connectivity index (χ3v) is 6.70. The molecule has 3 atom stereocenters. The number of rotatable bonds is 1. The van der Waals surface area contributed by atoms with Crippen LogP contribution in [0.1, 0.15) is 46.7 Å². The summed E-state index contributed by atoms with van der Waals surface area (Å²) in [6, 6.07) is 11.8. The lowest BCUT2D eigenvalue weighted by Gasteiger charge is -2.49. The number of phenolic OH excluding ortho intramolecular Hbond substituents is 1. The van der Waals surface area contributed by atoms with E-state index in [-0.39, 0.29) is 5.91 Å². The van der Waals surface area contributed by atoms with Crippen molar-refractivity contribution < 1.29 is 14.4 Å². The third kappa shape index (κ3) is 2.49. The summed E-state index contributed by atoms with van der Waals surface area (Å²) in [6.45, 7) is 0.883. The quantitative estimate of drug-likeness (QED) is 0.648. The molecule has 27 heavy (non-hydrogen) atoms. The molecule has 5 rings (SSSR count). The summed E-state index contributed by atoms with van der Waals surface area (Å²) in [6.07, 6.45) is 5.72. The summed E-state index contributed by atoms with van der Waals surface area (Å²) in [5, 5.41) is 9.83. The summed E-state index contributed by atoms with van der Waals surface area (Å²) in [7, 11) is 2.11. The van der Waals surface area contributed by atoms with E-state index in [4.69, 9.17) is 0 Å². The normalized spacial score (nSPS) is 27.1. The van der Waals surface area contributed by atoms with Crippen LogP contribution in [0, 0.1) is 0 Å². The molecule has 1 aliphatic carbocycles. The number of aromatic nitrogens is 2. The number of nitrogens with zero attached hydrogens (tertiary/aromatic N) is 2. The van der Waals surface area contributed by atoms with Crippen LogP contribution >= 0.6 is 0 Å². The average Bonchev–Trinajstić information content (AvgIpc) is 3.15. The molecule has 0 spiro atoms. The SMILES string of the molecule is C[N+]1(C(=O)c2ccc3nc[nH]c3c2)CCCC2c3ccc(O)cc3CCC21. The van der Waals surface area contributed by atoms with E-state index in [2.05, 4.69) is 23.1 Å². The summed E-state index contributed by atoms with van der Waals surface area (Å²) in [5.41, 5.74) is 5.12. The van der Waals surface area contributed by atoms with Gasteiger partial charge in [-0.1, -0.05) is 6.07 Å². The third-order valence-electron chi connectivity index (χ3n) is 6.70. The summed E-state index contributed by atoms with van der Waals surface area (Å²) in [5.74, 6) is 0.917. The van der Waals surface area contributed by atoms with Crippen LogP contribution in [-0.4, -0.2) is 45.1 Å². The highest BCUT2D eigenvalue weighted by atomic mass is 16.3. The van der Waals surface area contributed by atoms with Crippen LogP contribution in [0.15, 0.2) is 42.7 Å².